The number of nitrogens with one attached hydrogen (secondary N) is 1. The highest BCUT2D eigenvalue weighted by Gasteiger charge is 2.17. The van der Waals surface area contributed by atoms with Gasteiger partial charge in [-0.25, -0.2) is 4.98 Å². The number of rotatable bonds is 3. The molecule has 0 saturated heterocycles. The predicted octanol–water partition coefficient (Wildman–Crippen LogP) is 4.71. The summed E-state index contributed by atoms with van der Waals surface area (Å²) in [5, 5.41) is 10.4. The summed E-state index contributed by atoms with van der Waals surface area (Å²) in [4.78, 5) is 9.64. The summed E-state index contributed by atoms with van der Waals surface area (Å²) in [6.07, 6.45) is 8.20. The molecule has 0 atom stereocenters. The number of benzene rings is 2. The molecule has 5 nitrogen and oxygen atoms in total. The lowest BCUT2D eigenvalue weighted by Crippen LogP contribution is -2.23. The Balaban J connectivity index is 1.64. The van der Waals surface area contributed by atoms with Gasteiger partial charge in [0.2, 0.25) is 0 Å². The number of hydrogen-bond acceptors (Lipinski definition) is 4. The van der Waals surface area contributed by atoms with Crippen LogP contribution >= 0.6 is 0 Å². The van der Waals surface area contributed by atoms with E-state index >= 15 is 0 Å². The second-order valence-corrected chi connectivity index (χ2v) is 6.98. The molecule has 0 bridgehead atoms. The van der Waals surface area contributed by atoms with Crippen LogP contribution in [0.4, 0.5) is 5.82 Å². The highest BCUT2D eigenvalue weighted by Crippen LogP contribution is 2.27. The van der Waals surface area contributed by atoms with Crippen molar-refractivity contribution in [1.82, 2.24) is 19.7 Å². The van der Waals surface area contributed by atoms with Crippen LogP contribution in [0.3, 0.4) is 0 Å². The van der Waals surface area contributed by atoms with Crippen LogP contribution in [0.1, 0.15) is 32.1 Å². The molecular formula is C21H21N5. The van der Waals surface area contributed by atoms with Gasteiger partial charge >= 0.3 is 0 Å². The Bertz CT molecular complexity index is 1060. The van der Waals surface area contributed by atoms with Crippen molar-refractivity contribution in [2.24, 2.45) is 0 Å². The Morgan fingerprint density at radius 3 is 2.62 bits per heavy atom. The monoisotopic (exact) mass is 343 g/mol. The van der Waals surface area contributed by atoms with Crippen LogP contribution in [0.25, 0.3) is 27.8 Å². The van der Waals surface area contributed by atoms with Crippen molar-refractivity contribution in [3.8, 4) is 5.95 Å². The molecule has 5 heteroatoms. The molecule has 0 radical (unpaired) electrons. The molecule has 26 heavy (non-hydrogen) atoms. The highest BCUT2D eigenvalue weighted by atomic mass is 15.4. The summed E-state index contributed by atoms with van der Waals surface area (Å²) in [5.41, 5.74) is 1.96. The van der Waals surface area contributed by atoms with E-state index in [1.54, 1.807) is 0 Å². The largest absolute Gasteiger partial charge is 0.367 e. The average Bonchev–Trinajstić information content (AvgIpc) is 3.13. The van der Waals surface area contributed by atoms with Crippen molar-refractivity contribution in [3.63, 3.8) is 0 Å². The average molecular weight is 343 g/mol. The van der Waals surface area contributed by atoms with Gasteiger partial charge in [0.1, 0.15) is 5.82 Å². The molecule has 5 rings (SSSR count). The van der Waals surface area contributed by atoms with Gasteiger partial charge in [-0.15, -0.1) is 0 Å². The van der Waals surface area contributed by atoms with Crippen molar-refractivity contribution in [2.45, 2.75) is 38.1 Å². The van der Waals surface area contributed by atoms with Crippen molar-refractivity contribution < 1.29 is 0 Å². The number of aromatic nitrogens is 4. The Hall–Kier alpha value is -2.95. The SMILES string of the molecule is c1ccc2c(c1)cnn2-c1nc(NC2CCCCC2)c2ccccc2n1. The molecular weight excluding hydrogens is 322 g/mol. The molecule has 1 saturated carbocycles. The van der Waals surface area contributed by atoms with Crippen LogP contribution in [-0.2, 0) is 0 Å². The second kappa shape index (κ2) is 6.41. The number of para-hydroxylation sites is 2. The summed E-state index contributed by atoms with van der Waals surface area (Å²) in [6, 6.07) is 16.8. The van der Waals surface area contributed by atoms with Gasteiger partial charge in [-0.2, -0.15) is 14.8 Å². The molecule has 1 N–H and O–H groups in total. The van der Waals surface area contributed by atoms with E-state index in [-0.39, 0.29) is 0 Å². The molecule has 4 aromatic rings. The zero-order valence-electron chi connectivity index (χ0n) is 14.6. The minimum Gasteiger partial charge on any atom is -0.367 e. The Morgan fingerprint density at radius 2 is 1.69 bits per heavy atom. The number of fused-ring (bicyclic) bond motifs is 2. The summed E-state index contributed by atoms with van der Waals surface area (Å²) < 4.78 is 1.83. The molecule has 0 aliphatic heterocycles. The van der Waals surface area contributed by atoms with Gasteiger partial charge in [0.25, 0.3) is 5.95 Å². The van der Waals surface area contributed by atoms with Crippen LogP contribution in [0.2, 0.25) is 0 Å². The highest BCUT2D eigenvalue weighted by molar-refractivity contribution is 5.90. The van der Waals surface area contributed by atoms with Crippen LogP contribution < -0.4 is 5.32 Å². The smallest absolute Gasteiger partial charge is 0.253 e. The van der Waals surface area contributed by atoms with E-state index in [9.17, 15) is 0 Å². The zero-order valence-corrected chi connectivity index (χ0v) is 14.6. The maximum Gasteiger partial charge on any atom is 0.253 e. The molecule has 0 unspecified atom stereocenters. The minimum atomic E-state index is 0.490. The third-order valence-electron chi connectivity index (χ3n) is 5.20. The number of hydrogen-bond donors (Lipinski definition) is 1. The number of nitrogens with zero attached hydrogens (tertiary/aromatic N) is 4. The molecule has 1 aliphatic rings. The van der Waals surface area contributed by atoms with E-state index in [1.807, 2.05) is 41.2 Å². The maximum absolute atomic E-state index is 4.87. The summed E-state index contributed by atoms with van der Waals surface area (Å²) in [7, 11) is 0. The Labute approximate surface area is 152 Å². The van der Waals surface area contributed by atoms with E-state index in [0.29, 0.717) is 12.0 Å². The van der Waals surface area contributed by atoms with Crippen molar-refractivity contribution in [2.75, 3.05) is 5.32 Å². The van der Waals surface area contributed by atoms with E-state index in [4.69, 9.17) is 9.97 Å². The van der Waals surface area contributed by atoms with Gasteiger partial charge < -0.3 is 5.32 Å². The first kappa shape index (κ1) is 15.3. The topological polar surface area (TPSA) is 55.6 Å². The Morgan fingerprint density at radius 1 is 0.885 bits per heavy atom. The quantitative estimate of drug-likeness (QED) is 0.585. The Kier molecular flexibility index (Phi) is 3.77. The van der Waals surface area contributed by atoms with Crippen LogP contribution in [-0.4, -0.2) is 25.8 Å². The van der Waals surface area contributed by atoms with Crippen LogP contribution in [0.5, 0.6) is 0 Å². The fourth-order valence-electron chi connectivity index (χ4n) is 3.84. The van der Waals surface area contributed by atoms with Crippen LogP contribution in [0.15, 0.2) is 54.7 Å². The molecule has 0 amide bonds. The third kappa shape index (κ3) is 2.69. The van der Waals surface area contributed by atoms with E-state index < -0.39 is 0 Å². The molecule has 2 aromatic carbocycles. The molecule has 2 heterocycles. The van der Waals surface area contributed by atoms with Gasteiger partial charge in [-0.1, -0.05) is 49.6 Å². The van der Waals surface area contributed by atoms with Gasteiger partial charge in [0.05, 0.1) is 17.2 Å². The van der Waals surface area contributed by atoms with Crippen molar-refractivity contribution in [3.05, 3.63) is 54.7 Å². The fourth-order valence-corrected chi connectivity index (χ4v) is 3.84. The minimum absolute atomic E-state index is 0.490. The van der Waals surface area contributed by atoms with Gasteiger partial charge in [0, 0.05) is 16.8 Å². The first-order chi connectivity index (χ1) is 12.9. The lowest BCUT2D eigenvalue weighted by molar-refractivity contribution is 0.462. The van der Waals surface area contributed by atoms with Crippen molar-refractivity contribution >= 4 is 27.6 Å². The summed E-state index contributed by atoms with van der Waals surface area (Å²) >= 11 is 0. The molecule has 0 spiro atoms. The molecule has 130 valence electrons. The van der Waals surface area contributed by atoms with Gasteiger partial charge in [-0.05, 0) is 31.0 Å². The first-order valence-corrected chi connectivity index (χ1v) is 9.35. The fraction of sp³-hybridized carbons (Fsp3) is 0.286. The summed E-state index contributed by atoms with van der Waals surface area (Å²) in [5.74, 6) is 1.53. The van der Waals surface area contributed by atoms with Gasteiger partial charge in [0.15, 0.2) is 0 Å². The lowest BCUT2D eigenvalue weighted by atomic mass is 9.95. The normalized spacial score (nSPS) is 15.5. The molecule has 2 aromatic heterocycles. The number of anilines is 1. The predicted molar refractivity (Wildman–Crippen MR) is 105 cm³/mol. The van der Waals surface area contributed by atoms with E-state index in [0.717, 1.165) is 27.6 Å². The molecule has 1 fully saturated rings. The summed E-state index contributed by atoms with van der Waals surface area (Å²) in [6.45, 7) is 0. The maximum atomic E-state index is 4.87. The second-order valence-electron chi connectivity index (χ2n) is 6.98. The van der Waals surface area contributed by atoms with Crippen molar-refractivity contribution in [1.29, 1.82) is 0 Å². The van der Waals surface area contributed by atoms with Gasteiger partial charge in [-0.3, -0.25) is 0 Å². The first-order valence-electron chi connectivity index (χ1n) is 9.35. The van der Waals surface area contributed by atoms with E-state index in [2.05, 4.69) is 28.6 Å². The standard InChI is InChI=1S/C21H21N5/c1-2-9-16(10-3-1)23-20-17-11-5-6-12-18(17)24-21(25-20)26-19-13-7-4-8-15(19)14-22-26/h4-8,11-14,16H,1-3,9-10H2,(H,23,24,25). The van der Waals surface area contributed by atoms with Crippen LogP contribution in [0, 0.1) is 0 Å². The van der Waals surface area contributed by atoms with E-state index in [1.165, 1.54) is 32.1 Å². The molecule has 1 aliphatic carbocycles. The third-order valence-corrected chi connectivity index (χ3v) is 5.20. The lowest BCUT2D eigenvalue weighted by Gasteiger charge is -2.24. The zero-order chi connectivity index (χ0) is 17.3.